The lowest BCUT2D eigenvalue weighted by Crippen LogP contribution is -2.56. The minimum absolute atomic E-state index is 0.124. The molecule has 3 atom stereocenters. The summed E-state index contributed by atoms with van der Waals surface area (Å²) in [5.41, 5.74) is 12.8. The number of benzene rings is 1. The van der Waals surface area contributed by atoms with Crippen LogP contribution in [0.4, 0.5) is 0 Å². The molecule has 10 N–H and O–H groups in total. The number of para-hydroxylation sites is 1. The summed E-state index contributed by atoms with van der Waals surface area (Å²) in [6.45, 7) is -0.796. The Bertz CT molecular complexity index is 1150. The van der Waals surface area contributed by atoms with Gasteiger partial charge in [0.1, 0.15) is 18.6 Å². The van der Waals surface area contributed by atoms with E-state index in [4.69, 9.17) is 21.7 Å². The zero-order valence-corrected chi connectivity index (χ0v) is 19.2. The van der Waals surface area contributed by atoms with E-state index in [2.05, 4.69) is 15.6 Å². The molecular formula is C22H28N6O8. The number of H-pyrrole nitrogens is 1. The lowest BCUT2D eigenvalue weighted by molar-refractivity contribution is -0.141. The Morgan fingerprint density at radius 1 is 0.917 bits per heavy atom. The molecule has 0 radical (unpaired) electrons. The second-order valence-corrected chi connectivity index (χ2v) is 8.01. The van der Waals surface area contributed by atoms with E-state index in [0.29, 0.717) is 0 Å². The third kappa shape index (κ3) is 8.39. The Balaban J connectivity index is 2.11. The molecule has 0 bridgehead atoms. The van der Waals surface area contributed by atoms with Crippen molar-refractivity contribution in [3.8, 4) is 0 Å². The first kappa shape index (κ1) is 27.8. The van der Waals surface area contributed by atoms with Gasteiger partial charge in [-0.2, -0.15) is 0 Å². The van der Waals surface area contributed by atoms with Crippen molar-refractivity contribution in [2.75, 3.05) is 6.54 Å². The first-order valence-electron chi connectivity index (χ1n) is 10.9. The van der Waals surface area contributed by atoms with Gasteiger partial charge in [0, 0.05) is 23.5 Å². The van der Waals surface area contributed by atoms with Crippen molar-refractivity contribution in [3.05, 3.63) is 36.0 Å². The Hall–Kier alpha value is -4.46. The molecular weight excluding hydrogens is 476 g/mol. The quantitative estimate of drug-likeness (QED) is 0.141. The molecule has 4 amide bonds. The zero-order chi connectivity index (χ0) is 26.8. The molecule has 3 unspecified atom stereocenters. The summed E-state index contributed by atoms with van der Waals surface area (Å²) in [4.78, 5) is 73.9. The van der Waals surface area contributed by atoms with E-state index in [9.17, 15) is 28.8 Å². The predicted molar refractivity (Wildman–Crippen MR) is 125 cm³/mol. The van der Waals surface area contributed by atoms with Gasteiger partial charge in [-0.05, 0) is 24.5 Å². The van der Waals surface area contributed by atoms with Crippen LogP contribution in [0.3, 0.4) is 0 Å². The number of nitrogens with two attached hydrogens (primary N) is 2. The summed E-state index contributed by atoms with van der Waals surface area (Å²) < 4.78 is 0. The van der Waals surface area contributed by atoms with Gasteiger partial charge in [0.15, 0.2) is 0 Å². The van der Waals surface area contributed by atoms with Crippen LogP contribution < -0.4 is 27.4 Å². The summed E-state index contributed by atoms with van der Waals surface area (Å²) in [6, 6.07) is 3.29. The van der Waals surface area contributed by atoms with Crippen LogP contribution in [0.15, 0.2) is 30.5 Å². The van der Waals surface area contributed by atoms with Crippen LogP contribution in [0.5, 0.6) is 0 Å². The molecule has 0 saturated heterocycles. The third-order valence-electron chi connectivity index (χ3n) is 5.19. The lowest BCUT2D eigenvalue weighted by Gasteiger charge is -2.23. The highest BCUT2D eigenvalue weighted by molar-refractivity contribution is 5.95. The minimum Gasteiger partial charge on any atom is -0.481 e. The number of carboxylic acids is 2. The molecule has 0 aliphatic carbocycles. The van der Waals surface area contributed by atoms with E-state index in [1.165, 1.54) is 0 Å². The SMILES string of the molecule is NC(=O)CCC(NC(=O)C(N)Cc1c[nH]c2ccccc12)C(=O)NC(CC(=O)O)C(=O)NCC(=O)O. The Kier molecular flexibility index (Phi) is 9.92. The maximum atomic E-state index is 12.8. The maximum absolute atomic E-state index is 12.8. The topological polar surface area (TPSA) is 247 Å². The van der Waals surface area contributed by atoms with Crippen LogP contribution in [0.1, 0.15) is 24.8 Å². The average molecular weight is 505 g/mol. The number of aliphatic carboxylic acids is 2. The van der Waals surface area contributed by atoms with Crippen molar-refractivity contribution in [2.24, 2.45) is 11.5 Å². The Labute approximate surface area is 204 Å². The monoisotopic (exact) mass is 504 g/mol. The van der Waals surface area contributed by atoms with Crippen LogP contribution >= 0.6 is 0 Å². The molecule has 14 heteroatoms. The van der Waals surface area contributed by atoms with Gasteiger partial charge in [0.2, 0.25) is 23.6 Å². The first-order chi connectivity index (χ1) is 17.0. The van der Waals surface area contributed by atoms with Crippen molar-refractivity contribution in [2.45, 2.75) is 43.8 Å². The molecule has 14 nitrogen and oxygen atoms in total. The van der Waals surface area contributed by atoms with Gasteiger partial charge in [-0.25, -0.2) is 0 Å². The van der Waals surface area contributed by atoms with Gasteiger partial charge in [0.05, 0.1) is 12.5 Å². The standard InChI is InChI=1S/C22H28N6O8/c23-13(7-11-9-25-14-4-2-1-3-12(11)14)20(34)27-15(5-6-17(24)29)22(36)28-16(8-18(30)31)21(35)26-10-19(32)33/h1-4,9,13,15-16,25H,5-8,10,23H2,(H2,24,29)(H,26,35)(H,27,34)(H,28,36)(H,30,31)(H,32,33). The van der Waals surface area contributed by atoms with E-state index in [0.717, 1.165) is 16.5 Å². The van der Waals surface area contributed by atoms with E-state index in [1.54, 1.807) is 6.20 Å². The van der Waals surface area contributed by atoms with E-state index < -0.39 is 66.7 Å². The summed E-state index contributed by atoms with van der Waals surface area (Å²) in [7, 11) is 0. The highest BCUT2D eigenvalue weighted by Gasteiger charge is 2.30. The van der Waals surface area contributed by atoms with Crippen LogP contribution in [0.2, 0.25) is 0 Å². The highest BCUT2D eigenvalue weighted by atomic mass is 16.4. The lowest BCUT2D eigenvalue weighted by atomic mass is 10.0. The number of hydrogen-bond acceptors (Lipinski definition) is 7. The van der Waals surface area contributed by atoms with Crippen LogP contribution in [-0.4, -0.2) is 75.4 Å². The number of carbonyl (C=O) groups excluding carboxylic acids is 4. The molecule has 1 aromatic carbocycles. The first-order valence-corrected chi connectivity index (χ1v) is 10.9. The molecule has 1 aromatic heterocycles. The van der Waals surface area contributed by atoms with Crippen molar-refractivity contribution in [3.63, 3.8) is 0 Å². The predicted octanol–water partition coefficient (Wildman–Crippen LogP) is -2.05. The van der Waals surface area contributed by atoms with Crippen molar-refractivity contribution >= 4 is 46.5 Å². The molecule has 0 fully saturated rings. The van der Waals surface area contributed by atoms with Gasteiger partial charge < -0.3 is 42.6 Å². The normalized spacial score (nSPS) is 13.2. The van der Waals surface area contributed by atoms with Gasteiger partial charge in [-0.1, -0.05) is 18.2 Å². The molecule has 0 aliphatic rings. The van der Waals surface area contributed by atoms with E-state index >= 15 is 0 Å². The maximum Gasteiger partial charge on any atom is 0.322 e. The number of rotatable bonds is 14. The second kappa shape index (κ2) is 12.9. The highest BCUT2D eigenvalue weighted by Crippen LogP contribution is 2.18. The summed E-state index contributed by atoms with van der Waals surface area (Å²) in [5, 5.41) is 25.2. The van der Waals surface area contributed by atoms with E-state index in [-0.39, 0.29) is 19.3 Å². The molecule has 0 saturated carbocycles. The summed E-state index contributed by atoms with van der Waals surface area (Å²) in [6.07, 6.45) is 0.433. The van der Waals surface area contributed by atoms with Gasteiger partial charge in [-0.3, -0.25) is 28.8 Å². The molecule has 0 aliphatic heterocycles. The molecule has 1 heterocycles. The summed E-state index contributed by atoms with van der Waals surface area (Å²) in [5.74, 6) is -6.32. The number of aromatic nitrogens is 1. The van der Waals surface area contributed by atoms with Gasteiger partial charge in [0.25, 0.3) is 0 Å². The van der Waals surface area contributed by atoms with Crippen molar-refractivity contribution < 1.29 is 39.0 Å². The molecule has 0 spiro atoms. The average Bonchev–Trinajstić information content (AvgIpc) is 3.21. The number of nitrogens with one attached hydrogen (secondary N) is 4. The third-order valence-corrected chi connectivity index (χ3v) is 5.19. The number of carboxylic acid groups (broad SMARTS) is 2. The number of aromatic amines is 1. The largest absolute Gasteiger partial charge is 0.481 e. The summed E-state index contributed by atoms with van der Waals surface area (Å²) >= 11 is 0. The van der Waals surface area contributed by atoms with Crippen LogP contribution in [-0.2, 0) is 35.2 Å². The van der Waals surface area contributed by atoms with Crippen LogP contribution in [0, 0.1) is 0 Å². The number of amides is 4. The Morgan fingerprint density at radius 2 is 1.58 bits per heavy atom. The van der Waals surface area contributed by atoms with Gasteiger partial charge >= 0.3 is 11.9 Å². The van der Waals surface area contributed by atoms with E-state index in [1.807, 2.05) is 29.6 Å². The number of primary amides is 1. The van der Waals surface area contributed by atoms with Crippen molar-refractivity contribution in [1.82, 2.24) is 20.9 Å². The second-order valence-electron chi connectivity index (χ2n) is 8.01. The number of hydrogen-bond donors (Lipinski definition) is 8. The Morgan fingerprint density at radius 3 is 2.22 bits per heavy atom. The van der Waals surface area contributed by atoms with Crippen molar-refractivity contribution in [1.29, 1.82) is 0 Å². The molecule has 36 heavy (non-hydrogen) atoms. The fourth-order valence-electron chi connectivity index (χ4n) is 3.41. The fraction of sp³-hybridized carbons (Fsp3) is 0.364. The van der Waals surface area contributed by atoms with Crippen LogP contribution in [0.25, 0.3) is 10.9 Å². The zero-order valence-electron chi connectivity index (χ0n) is 19.2. The molecule has 194 valence electrons. The minimum atomic E-state index is -1.64. The van der Waals surface area contributed by atoms with Gasteiger partial charge in [-0.15, -0.1) is 0 Å². The molecule has 2 rings (SSSR count). The number of carbonyl (C=O) groups is 6. The molecule has 2 aromatic rings. The smallest absolute Gasteiger partial charge is 0.322 e. The fourth-order valence-corrected chi connectivity index (χ4v) is 3.41. The number of fused-ring (bicyclic) bond motifs is 1.